The molecule has 0 atom stereocenters. The third-order valence-electron chi connectivity index (χ3n) is 2.64. The first kappa shape index (κ1) is 14.3. The van der Waals surface area contributed by atoms with E-state index in [-0.39, 0.29) is 16.8 Å². The lowest BCUT2D eigenvalue weighted by molar-refractivity contribution is 0.0466. The zero-order chi connectivity index (χ0) is 14.7. The van der Waals surface area contributed by atoms with Crippen molar-refractivity contribution in [2.24, 2.45) is 0 Å². The van der Waals surface area contributed by atoms with Crippen LogP contribution in [0.5, 0.6) is 0 Å². The summed E-state index contributed by atoms with van der Waals surface area (Å²) >= 11 is 5.75. The summed E-state index contributed by atoms with van der Waals surface area (Å²) in [5.74, 6) is -2.36. The fourth-order valence-corrected chi connectivity index (χ4v) is 1.76. The number of carbonyl (C=O) groups excluding carboxylic acids is 1. The number of halogens is 3. The first-order valence-electron chi connectivity index (χ1n) is 5.64. The van der Waals surface area contributed by atoms with E-state index in [1.54, 1.807) is 0 Å². The van der Waals surface area contributed by atoms with E-state index >= 15 is 0 Å². The summed E-state index contributed by atoms with van der Waals surface area (Å²) in [7, 11) is 0. The maximum Gasteiger partial charge on any atom is 0.340 e. The first-order valence-corrected chi connectivity index (χ1v) is 6.02. The molecule has 0 bridgehead atoms. The Bertz CT molecular complexity index is 641. The van der Waals surface area contributed by atoms with Crippen molar-refractivity contribution >= 4 is 23.3 Å². The van der Waals surface area contributed by atoms with Gasteiger partial charge in [0.25, 0.3) is 0 Å². The summed E-state index contributed by atoms with van der Waals surface area (Å²) in [5, 5.41) is 0.309. The van der Waals surface area contributed by atoms with Gasteiger partial charge in [-0.05, 0) is 30.3 Å². The van der Waals surface area contributed by atoms with Gasteiger partial charge in [-0.3, -0.25) is 0 Å². The van der Waals surface area contributed by atoms with Gasteiger partial charge >= 0.3 is 5.97 Å². The SMILES string of the molecule is Nc1ccc(Cl)cc1C(=O)OCc1c(F)cccc1F. The minimum Gasteiger partial charge on any atom is -0.457 e. The van der Waals surface area contributed by atoms with Crippen LogP contribution in [0.25, 0.3) is 0 Å². The van der Waals surface area contributed by atoms with Gasteiger partial charge in [0.2, 0.25) is 0 Å². The number of hydrogen-bond acceptors (Lipinski definition) is 3. The summed E-state index contributed by atoms with van der Waals surface area (Å²) in [4.78, 5) is 11.8. The number of benzene rings is 2. The standard InChI is InChI=1S/C14H10ClF2NO2/c15-8-4-5-13(18)9(6-8)14(19)20-7-10-11(16)2-1-3-12(10)17/h1-6H,7,18H2. The topological polar surface area (TPSA) is 52.3 Å². The van der Waals surface area contributed by atoms with E-state index < -0.39 is 24.2 Å². The van der Waals surface area contributed by atoms with E-state index in [2.05, 4.69) is 0 Å². The molecule has 0 radical (unpaired) electrons. The highest BCUT2D eigenvalue weighted by atomic mass is 35.5. The number of nitrogen functional groups attached to an aromatic ring is 1. The molecule has 0 saturated heterocycles. The molecule has 0 unspecified atom stereocenters. The molecule has 0 aliphatic carbocycles. The van der Waals surface area contributed by atoms with Gasteiger partial charge in [-0.25, -0.2) is 13.6 Å². The van der Waals surface area contributed by atoms with Gasteiger partial charge in [0, 0.05) is 10.7 Å². The van der Waals surface area contributed by atoms with E-state index in [1.165, 1.54) is 24.3 Å². The summed E-state index contributed by atoms with van der Waals surface area (Å²) in [6.07, 6.45) is 0. The van der Waals surface area contributed by atoms with E-state index in [9.17, 15) is 13.6 Å². The van der Waals surface area contributed by atoms with Crippen LogP contribution in [0.3, 0.4) is 0 Å². The van der Waals surface area contributed by atoms with Crippen LogP contribution in [0, 0.1) is 11.6 Å². The van der Waals surface area contributed by atoms with E-state index in [1.807, 2.05) is 0 Å². The van der Waals surface area contributed by atoms with Gasteiger partial charge in [-0.2, -0.15) is 0 Å². The van der Waals surface area contributed by atoms with Crippen LogP contribution in [-0.2, 0) is 11.3 Å². The summed E-state index contributed by atoms with van der Waals surface area (Å²) in [5.41, 5.74) is 5.52. The maximum atomic E-state index is 13.4. The van der Waals surface area contributed by atoms with Crippen molar-refractivity contribution in [1.29, 1.82) is 0 Å². The highest BCUT2D eigenvalue weighted by molar-refractivity contribution is 6.31. The number of esters is 1. The van der Waals surface area contributed by atoms with Crippen LogP contribution in [-0.4, -0.2) is 5.97 Å². The predicted molar refractivity (Wildman–Crippen MR) is 71.3 cm³/mol. The largest absolute Gasteiger partial charge is 0.457 e. The lowest BCUT2D eigenvalue weighted by Gasteiger charge is -2.08. The fourth-order valence-electron chi connectivity index (χ4n) is 1.59. The molecule has 0 spiro atoms. The molecule has 2 aromatic rings. The number of anilines is 1. The molecule has 0 fully saturated rings. The van der Waals surface area contributed by atoms with E-state index in [0.29, 0.717) is 5.02 Å². The van der Waals surface area contributed by atoms with Crippen molar-refractivity contribution in [3.8, 4) is 0 Å². The smallest absolute Gasteiger partial charge is 0.340 e. The number of carbonyl (C=O) groups is 1. The maximum absolute atomic E-state index is 13.4. The predicted octanol–water partition coefficient (Wildman–Crippen LogP) is 3.56. The molecule has 6 heteroatoms. The Balaban J connectivity index is 2.15. The Morgan fingerprint density at radius 3 is 2.50 bits per heavy atom. The normalized spacial score (nSPS) is 10.3. The molecular weight excluding hydrogens is 288 g/mol. The van der Waals surface area contributed by atoms with Crippen LogP contribution in [0.15, 0.2) is 36.4 Å². The van der Waals surface area contributed by atoms with Crippen molar-refractivity contribution in [3.63, 3.8) is 0 Å². The van der Waals surface area contributed by atoms with Crippen molar-refractivity contribution in [3.05, 3.63) is 64.2 Å². The second kappa shape index (κ2) is 5.88. The molecule has 0 amide bonds. The average molecular weight is 298 g/mol. The van der Waals surface area contributed by atoms with Crippen LogP contribution >= 0.6 is 11.6 Å². The van der Waals surface area contributed by atoms with Crippen LogP contribution < -0.4 is 5.73 Å². The van der Waals surface area contributed by atoms with Gasteiger partial charge in [0.15, 0.2) is 0 Å². The second-order valence-electron chi connectivity index (χ2n) is 4.01. The highest BCUT2D eigenvalue weighted by Crippen LogP contribution is 2.20. The third-order valence-corrected chi connectivity index (χ3v) is 2.88. The van der Waals surface area contributed by atoms with Gasteiger partial charge in [-0.15, -0.1) is 0 Å². The molecule has 0 heterocycles. The van der Waals surface area contributed by atoms with Gasteiger partial charge in [0.05, 0.1) is 11.1 Å². The van der Waals surface area contributed by atoms with E-state index in [4.69, 9.17) is 22.1 Å². The summed E-state index contributed by atoms with van der Waals surface area (Å²) < 4.78 is 31.6. The molecular formula is C14H10ClF2NO2. The lowest BCUT2D eigenvalue weighted by atomic mass is 10.2. The number of nitrogens with two attached hydrogens (primary N) is 1. The molecule has 0 saturated carbocycles. The molecule has 0 aromatic heterocycles. The number of ether oxygens (including phenoxy) is 1. The Labute approximate surface area is 118 Å². The van der Waals surface area contributed by atoms with Gasteiger partial charge < -0.3 is 10.5 Å². The Hall–Kier alpha value is -2.14. The highest BCUT2D eigenvalue weighted by Gasteiger charge is 2.15. The van der Waals surface area contributed by atoms with Crippen LogP contribution in [0.2, 0.25) is 5.02 Å². The monoisotopic (exact) mass is 297 g/mol. The number of hydrogen-bond donors (Lipinski definition) is 1. The van der Waals surface area contributed by atoms with Gasteiger partial charge in [0.1, 0.15) is 18.2 Å². The number of rotatable bonds is 3. The van der Waals surface area contributed by atoms with Crippen molar-refractivity contribution < 1.29 is 18.3 Å². The Kier molecular flexibility index (Phi) is 4.20. The van der Waals surface area contributed by atoms with Gasteiger partial charge in [-0.1, -0.05) is 17.7 Å². The minimum atomic E-state index is -0.798. The summed E-state index contributed by atoms with van der Waals surface area (Å²) in [6, 6.07) is 7.69. The lowest BCUT2D eigenvalue weighted by Crippen LogP contribution is -2.10. The Morgan fingerprint density at radius 1 is 1.20 bits per heavy atom. The molecule has 3 nitrogen and oxygen atoms in total. The van der Waals surface area contributed by atoms with Crippen molar-refractivity contribution in [1.82, 2.24) is 0 Å². The minimum absolute atomic E-state index is 0.0502. The molecule has 20 heavy (non-hydrogen) atoms. The molecule has 2 aromatic carbocycles. The molecule has 2 N–H and O–H groups in total. The second-order valence-corrected chi connectivity index (χ2v) is 4.44. The fraction of sp³-hybridized carbons (Fsp3) is 0.0714. The average Bonchev–Trinajstić information content (AvgIpc) is 2.40. The molecule has 104 valence electrons. The summed E-state index contributed by atoms with van der Waals surface area (Å²) in [6.45, 7) is -0.525. The molecule has 0 aliphatic heterocycles. The Morgan fingerprint density at radius 2 is 1.85 bits per heavy atom. The zero-order valence-electron chi connectivity index (χ0n) is 10.2. The van der Waals surface area contributed by atoms with Crippen LogP contribution in [0.1, 0.15) is 15.9 Å². The zero-order valence-corrected chi connectivity index (χ0v) is 11.0. The van der Waals surface area contributed by atoms with Crippen molar-refractivity contribution in [2.75, 3.05) is 5.73 Å². The first-order chi connectivity index (χ1) is 9.49. The van der Waals surface area contributed by atoms with Crippen molar-refractivity contribution in [2.45, 2.75) is 6.61 Å². The molecule has 2 rings (SSSR count). The molecule has 0 aliphatic rings. The van der Waals surface area contributed by atoms with E-state index in [0.717, 1.165) is 12.1 Å². The van der Waals surface area contributed by atoms with Crippen LogP contribution in [0.4, 0.5) is 14.5 Å². The quantitative estimate of drug-likeness (QED) is 0.696. The third kappa shape index (κ3) is 3.05.